The van der Waals surface area contributed by atoms with Gasteiger partial charge in [-0.15, -0.1) is 0 Å². The molecule has 2 N–H and O–H groups in total. The number of aromatic nitrogens is 3. The topological polar surface area (TPSA) is 108 Å². The Morgan fingerprint density at radius 2 is 2.04 bits per heavy atom. The molecular formula is C17H22N4O3S. The molecule has 1 aliphatic heterocycles. The zero-order valence-electron chi connectivity index (χ0n) is 14.0. The lowest BCUT2D eigenvalue weighted by molar-refractivity contribution is -0.117. The third-order valence-corrected chi connectivity index (χ3v) is 6.18. The van der Waals surface area contributed by atoms with Gasteiger partial charge in [0.25, 0.3) is 0 Å². The molecule has 1 aromatic carbocycles. The van der Waals surface area contributed by atoms with E-state index in [4.69, 9.17) is 5.73 Å². The summed E-state index contributed by atoms with van der Waals surface area (Å²) in [4.78, 5) is 15.6. The van der Waals surface area contributed by atoms with E-state index >= 15 is 0 Å². The van der Waals surface area contributed by atoms with Gasteiger partial charge in [-0.2, -0.15) is 5.10 Å². The molecule has 2 aromatic rings. The van der Waals surface area contributed by atoms with Crippen LogP contribution in [0.15, 0.2) is 30.3 Å². The first kappa shape index (κ1) is 17.6. The van der Waals surface area contributed by atoms with Crippen molar-refractivity contribution in [2.45, 2.75) is 38.1 Å². The minimum Gasteiger partial charge on any atom is -0.369 e. The average molecular weight is 362 g/mol. The van der Waals surface area contributed by atoms with Crippen molar-refractivity contribution in [3.63, 3.8) is 0 Å². The van der Waals surface area contributed by atoms with Gasteiger partial charge >= 0.3 is 0 Å². The maximum absolute atomic E-state index is 12.0. The summed E-state index contributed by atoms with van der Waals surface area (Å²) in [5, 5.41) is 4.40. The van der Waals surface area contributed by atoms with E-state index in [9.17, 15) is 13.2 Å². The van der Waals surface area contributed by atoms with Crippen LogP contribution < -0.4 is 5.73 Å². The van der Waals surface area contributed by atoms with Crippen LogP contribution in [0.5, 0.6) is 0 Å². The summed E-state index contributed by atoms with van der Waals surface area (Å²) in [5.74, 6) is 0.656. The van der Waals surface area contributed by atoms with E-state index in [1.807, 2.05) is 30.3 Å². The third-order valence-electron chi connectivity index (χ3n) is 4.36. The predicted octanol–water partition coefficient (Wildman–Crippen LogP) is 0.841. The molecule has 25 heavy (non-hydrogen) atoms. The van der Waals surface area contributed by atoms with Gasteiger partial charge in [-0.25, -0.2) is 18.1 Å². The lowest BCUT2D eigenvalue weighted by Gasteiger charge is -2.21. The second kappa shape index (κ2) is 7.35. The Hall–Kier alpha value is -2.22. The molecule has 1 aliphatic rings. The number of aryl methyl sites for hydroxylation is 2. The summed E-state index contributed by atoms with van der Waals surface area (Å²) in [6.07, 6.45) is 2.11. The van der Waals surface area contributed by atoms with Crippen molar-refractivity contribution in [3.8, 4) is 0 Å². The van der Waals surface area contributed by atoms with Crippen molar-refractivity contribution in [2.24, 2.45) is 5.73 Å². The van der Waals surface area contributed by atoms with Gasteiger partial charge in [-0.3, -0.25) is 4.79 Å². The number of rotatable bonds is 6. The van der Waals surface area contributed by atoms with Crippen molar-refractivity contribution in [1.29, 1.82) is 0 Å². The first-order valence-corrected chi connectivity index (χ1v) is 10.2. The lowest BCUT2D eigenvalue weighted by Crippen LogP contribution is -2.26. The van der Waals surface area contributed by atoms with E-state index < -0.39 is 15.7 Å². The molecule has 1 atom stereocenters. The van der Waals surface area contributed by atoms with Crippen LogP contribution in [0.2, 0.25) is 0 Å². The largest absolute Gasteiger partial charge is 0.369 e. The van der Waals surface area contributed by atoms with Gasteiger partial charge < -0.3 is 5.73 Å². The van der Waals surface area contributed by atoms with Crippen LogP contribution in [0.4, 0.5) is 0 Å². The fraction of sp³-hybridized carbons (Fsp3) is 0.471. The highest BCUT2D eigenvalue weighted by Gasteiger charge is 2.30. The molecule has 0 bridgehead atoms. The number of hydrogen-bond donors (Lipinski definition) is 1. The van der Waals surface area contributed by atoms with Gasteiger partial charge in [0.2, 0.25) is 5.91 Å². The fourth-order valence-corrected chi connectivity index (χ4v) is 4.91. The molecule has 0 saturated carbocycles. The van der Waals surface area contributed by atoms with Crippen molar-refractivity contribution in [2.75, 3.05) is 11.5 Å². The number of carbonyl (C=O) groups is 1. The van der Waals surface area contributed by atoms with E-state index in [2.05, 4.69) is 10.1 Å². The van der Waals surface area contributed by atoms with E-state index in [0.29, 0.717) is 24.6 Å². The first-order valence-electron chi connectivity index (χ1n) is 8.39. The molecule has 134 valence electrons. The molecule has 1 aromatic heterocycles. The van der Waals surface area contributed by atoms with Gasteiger partial charge in [0, 0.05) is 12.5 Å². The first-order chi connectivity index (χ1) is 11.9. The minimum absolute atomic E-state index is 0.0369. The Balaban J connectivity index is 1.84. The molecule has 0 spiro atoms. The number of nitrogens with two attached hydrogens (primary N) is 1. The zero-order chi connectivity index (χ0) is 17.9. The highest BCUT2D eigenvalue weighted by molar-refractivity contribution is 7.91. The smallest absolute Gasteiger partial charge is 0.225 e. The Labute approximate surface area is 147 Å². The summed E-state index contributed by atoms with van der Waals surface area (Å²) in [7, 11) is -3.05. The quantitative estimate of drug-likeness (QED) is 0.819. The van der Waals surface area contributed by atoms with Gasteiger partial charge in [-0.1, -0.05) is 30.3 Å². The van der Waals surface area contributed by atoms with Gasteiger partial charge in [0.05, 0.1) is 17.9 Å². The standard InChI is InChI=1S/C17H22N4O3S/c18-15(22)11-16-19-17(14-7-4-10-25(23,24)12-14)21(20-16)9-8-13-5-2-1-3-6-13/h1-3,5-6,14H,4,7-12H2,(H2,18,22)/t14-/m1/s1. The Morgan fingerprint density at radius 1 is 1.28 bits per heavy atom. The number of benzene rings is 1. The number of amides is 1. The van der Waals surface area contributed by atoms with Crippen LogP contribution in [0.25, 0.3) is 0 Å². The van der Waals surface area contributed by atoms with Crippen LogP contribution in [0.1, 0.15) is 36.0 Å². The highest BCUT2D eigenvalue weighted by Crippen LogP contribution is 2.27. The molecule has 1 saturated heterocycles. The van der Waals surface area contributed by atoms with Crippen molar-refractivity contribution in [1.82, 2.24) is 14.8 Å². The number of hydrogen-bond acceptors (Lipinski definition) is 5. The summed E-state index contributed by atoms with van der Waals surface area (Å²) >= 11 is 0. The summed E-state index contributed by atoms with van der Waals surface area (Å²) in [6, 6.07) is 9.98. The van der Waals surface area contributed by atoms with Crippen LogP contribution in [-0.4, -0.2) is 40.6 Å². The van der Waals surface area contributed by atoms with Crippen molar-refractivity contribution >= 4 is 15.7 Å². The number of nitrogens with zero attached hydrogens (tertiary/aromatic N) is 3. The molecular weight excluding hydrogens is 340 g/mol. The molecule has 0 radical (unpaired) electrons. The minimum atomic E-state index is -3.05. The Morgan fingerprint density at radius 3 is 2.72 bits per heavy atom. The summed E-state index contributed by atoms with van der Waals surface area (Å²) < 4.78 is 25.7. The highest BCUT2D eigenvalue weighted by atomic mass is 32.2. The molecule has 7 nitrogen and oxygen atoms in total. The normalized spacial score (nSPS) is 19.6. The third kappa shape index (κ3) is 4.66. The van der Waals surface area contributed by atoms with Gasteiger partial charge in [0.1, 0.15) is 5.82 Å². The lowest BCUT2D eigenvalue weighted by atomic mass is 10.0. The van der Waals surface area contributed by atoms with Crippen LogP contribution in [0, 0.1) is 0 Å². The maximum atomic E-state index is 12.0. The molecule has 8 heteroatoms. The number of sulfone groups is 1. The van der Waals surface area contributed by atoms with Crippen LogP contribution in [-0.2, 0) is 34.0 Å². The Kier molecular flexibility index (Phi) is 5.17. The molecule has 3 rings (SSSR count). The van der Waals surface area contributed by atoms with Gasteiger partial charge in [0.15, 0.2) is 15.7 Å². The van der Waals surface area contributed by atoms with Crippen molar-refractivity contribution in [3.05, 3.63) is 47.5 Å². The summed E-state index contributed by atoms with van der Waals surface area (Å²) in [5.41, 5.74) is 6.41. The molecule has 1 fully saturated rings. The van der Waals surface area contributed by atoms with Crippen LogP contribution >= 0.6 is 0 Å². The van der Waals surface area contributed by atoms with E-state index in [-0.39, 0.29) is 23.8 Å². The van der Waals surface area contributed by atoms with Crippen molar-refractivity contribution < 1.29 is 13.2 Å². The monoisotopic (exact) mass is 362 g/mol. The summed E-state index contributed by atoms with van der Waals surface area (Å²) in [6.45, 7) is 0.585. The predicted molar refractivity (Wildman–Crippen MR) is 93.7 cm³/mol. The average Bonchev–Trinajstić information content (AvgIpc) is 2.95. The number of primary amides is 1. The van der Waals surface area contributed by atoms with E-state index in [1.165, 1.54) is 0 Å². The second-order valence-electron chi connectivity index (χ2n) is 6.44. The Bertz CT molecular complexity index is 846. The fourth-order valence-electron chi connectivity index (χ4n) is 3.21. The van der Waals surface area contributed by atoms with E-state index in [0.717, 1.165) is 18.4 Å². The van der Waals surface area contributed by atoms with E-state index in [1.54, 1.807) is 4.68 Å². The SMILES string of the molecule is NC(=O)Cc1nc([C@@H]2CCCS(=O)(=O)C2)n(CCc2ccccc2)n1. The van der Waals surface area contributed by atoms with Gasteiger partial charge in [-0.05, 0) is 24.8 Å². The molecule has 0 unspecified atom stereocenters. The zero-order valence-corrected chi connectivity index (χ0v) is 14.8. The molecule has 2 heterocycles. The molecule has 1 amide bonds. The number of carbonyl (C=O) groups excluding carboxylic acids is 1. The maximum Gasteiger partial charge on any atom is 0.225 e. The molecule has 0 aliphatic carbocycles. The van der Waals surface area contributed by atoms with Crippen LogP contribution in [0.3, 0.4) is 0 Å². The second-order valence-corrected chi connectivity index (χ2v) is 8.67.